The highest BCUT2D eigenvalue weighted by Gasteiger charge is 2.12. The number of aliphatic imine (C=N–C) groups is 1. The first kappa shape index (κ1) is 16.7. The molecule has 0 unspecified atom stereocenters. The van der Waals surface area contributed by atoms with Crippen LogP contribution in [0.5, 0.6) is 0 Å². The number of aryl methyl sites for hydroxylation is 1. The predicted molar refractivity (Wildman–Crippen MR) is 103 cm³/mol. The van der Waals surface area contributed by atoms with Gasteiger partial charge in [0.2, 0.25) is 5.95 Å². The number of imidazole rings is 1. The summed E-state index contributed by atoms with van der Waals surface area (Å²) < 4.78 is 7.13. The maximum atomic E-state index is 10.7. The van der Waals surface area contributed by atoms with Crippen molar-refractivity contribution >= 4 is 29.1 Å². The molecule has 27 heavy (non-hydrogen) atoms. The average Bonchev–Trinajstić information content (AvgIpc) is 3.27. The molecule has 0 aliphatic heterocycles. The number of rotatable bonds is 5. The lowest BCUT2D eigenvalue weighted by Crippen LogP contribution is -1.99. The van der Waals surface area contributed by atoms with E-state index in [1.54, 1.807) is 0 Å². The molecule has 7 nitrogen and oxygen atoms in total. The Kier molecular flexibility index (Phi) is 4.25. The topological polar surface area (TPSA) is 86.5 Å². The fourth-order valence-corrected chi connectivity index (χ4v) is 2.82. The standard InChI is InChI=1S/C20H16N4O3/c1-14-6-8-15(9-7-14)13-23-18-5-3-2-4-17(18)22-20(23)21-12-16-10-11-19(27-16)24(25)26/h2-12H,13H2,1H3/b21-12+. The van der Waals surface area contributed by atoms with Crippen LogP contribution in [0.3, 0.4) is 0 Å². The van der Waals surface area contributed by atoms with Gasteiger partial charge in [0.1, 0.15) is 4.92 Å². The second kappa shape index (κ2) is 6.87. The van der Waals surface area contributed by atoms with Crippen LogP contribution in [-0.2, 0) is 6.54 Å². The van der Waals surface area contributed by atoms with E-state index in [1.165, 1.54) is 23.9 Å². The van der Waals surface area contributed by atoms with Gasteiger partial charge in [-0.05, 0) is 30.7 Å². The van der Waals surface area contributed by atoms with E-state index >= 15 is 0 Å². The monoisotopic (exact) mass is 360 g/mol. The second-order valence-electron chi connectivity index (χ2n) is 6.16. The fraction of sp³-hybridized carbons (Fsp3) is 0.100. The maximum absolute atomic E-state index is 10.7. The Labute approximate surface area is 154 Å². The van der Waals surface area contributed by atoms with Gasteiger partial charge in [-0.2, -0.15) is 0 Å². The van der Waals surface area contributed by atoms with Crippen molar-refractivity contribution in [2.24, 2.45) is 4.99 Å². The number of hydrogen-bond acceptors (Lipinski definition) is 5. The summed E-state index contributed by atoms with van der Waals surface area (Å²) >= 11 is 0. The molecule has 4 aromatic rings. The molecule has 0 aliphatic rings. The van der Waals surface area contributed by atoms with Crippen LogP contribution in [0.2, 0.25) is 0 Å². The molecule has 0 fully saturated rings. The first-order valence-electron chi connectivity index (χ1n) is 8.39. The van der Waals surface area contributed by atoms with Crippen molar-refractivity contribution < 1.29 is 9.34 Å². The average molecular weight is 360 g/mol. The lowest BCUT2D eigenvalue weighted by molar-refractivity contribution is -0.402. The molecule has 0 radical (unpaired) electrons. The van der Waals surface area contributed by atoms with Crippen LogP contribution < -0.4 is 0 Å². The van der Waals surface area contributed by atoms with Crippen molar-refractivity contribution in [3.63, 3.8) is 0 Å². The molecule has 0 amide bonds. The van der Waals surface area contributed by atoms with Gasteiger partial charge < -0.3 is 8.98 Å². The number of fused-ring (bicyclic) bond motifs is 1. The van der Waals surface area contributed by atoms with Crippen molar-refractivity contribution in [2.45, 2.75) is 13.5 Å². The van der Waals surface area contributed by atoms with Crippen molar-refractivity contribution in [1.29, 1.82) is 0 Å². The molecule has 4 rings (SSSR count). The third kappa shape index (κ3) is 3.48. The SMILES string of the molecule is Cc1ccc(Cn2c(/N=C/c3ccc([N+](=O)[O-])o3)nc3ccccc32)cc1. The predicted octanol–water partition coefficient (Wildman–Crippen LogP) is 4.64. The summed E-state index contributed by atoms with van der Waals surface area (Å²) in [4.78, 5) is 19.1. The molecule has 0 bridgehead atoms. The number of nitrogens with zero attached hydrogens (tertiary/aromatic N) is 4. The molecule has 2 aromatic heterocycles. The van der Waals surface area contributed by atoms with Gasteiger partial charge in [-0.25, -0.2) is 9.98 Å². The molecular weight excluding hydrogens is 344 g/mol. The zero-order valence-electron chi connectivity index (χ0n) is 14.6. The van der Waals surface area contributed by atoms with Crippen molar-refractivity contribution in [1.82, 2.24) is 9.55 Å². The van der Waals surface area contributed by atoms with E-state index in [0.29, 0.717) is 18.3 Å². The van der Waals surface area contributed by atoms with Gasteiger partial charge >= 0.3 is 5.88 Å². The van der Waals surface area contributed by atoms with Crippen LogP contribution in [-0.4, -0.2) is 20.7 Å². The number of aromatic nitrogens is 2. The zero-order chi connectivity index (χ0) is 18.8. The van der Waals surface area contributed by atoms with E-state index in [-0.39, 0.29) is 5.88 Å². The molecule has 0 saturated carbocycles. The number of nitro groups is 1. The Bertz CT molecular complexity index is 1140. The largest absolute Gasteiger partial charge is 0.433 e. The van der Waals surface area contributed by atoms with Crippen LogP contribution in [0.25, 0.3) is 11.0 Å². The molecule has 2 heterocycles. The van der Waals surface area contributed by atoms with Crippen molar-refractivity contribution in [3.05, 3.63) is 87.7 Å². The van der Waals surface area contributed by atoms with Gasteiger partial charge in [0, 0.05) is 0 Å². The van der Waals surface area contributed by atoms with Crippen LogP contribution in [0.4, 0.5) is 11.8 Å². The minimum atomic E-state index is -0.579. The lowest BCUT2D eigenvalue weighted by Gasteiger charge is -2.07. The van der Waals surface area contributed by atoms with E-state index in [4.69, 9.17) is 4.42 Å². The summed E-state index contributed by atoms with van der Waals surface area (Å²) in [7, 11) is 0. The molecule has 0 spiro atoms. The van der Waals surface area contributed by atoms with E-state index in [1.807, 2.05) is 28.8 Å². The Morgan fingerprint density at radius 1 is 1.15 bits per heavy atom. The Morgan fingerprint density at radius 3 is 2.67 bits per heavy atom. The smallest absolute Gasteiger partial charge is 0.400 e. The number of para-hydroxylation sites is 2. The zero-order valence-corrected chi connectivity index (χ0v) is 14.6. The number of benzene rings is 2. The normalized spacial score (nSPS) is 11.4. The number of furan rings is 1. The van der Waals surface area contributed by atoms with Gasteiger partial charge in [-0.1, -0.05) is 42.0 Å². The van der Waals surface area contributed by atoms with Gasteiger partial charge in [-0.3, -0.25) is 10.1 Å². The molecule has 2 aromatic carbocycles. The molecule has 0 saturated heterocycles. The van der Waals surface area contributed by atoms with Gasteiger partial charge in [-0.15, -0.1) is 0 Å². The summed E-state index contributed by atoms with van der Waals surface area (Å²) in [5.41, 5.74) is 4.14. The first-order chi connectivity index (χ1) is 13.1. The fourth-order valence-electron chi connectivity index (χ4n) is 2.82. The molecule has 0 N–H and O–H groups in total. The minimum absolute atomic E-state index is 0.302. The summed E-state index contributed by atoms with van der Waals surface area (Å²) in [6, 6.07) is 18.9. The molecule has 134 valence electrons. The van der Waals surface area contributed by atoms with Crippen LogP contribution in [0, 0.1) is 17.0 Å². The first-order valence-corrected chi connectivity index (χ1v) is 8.39. The van der Waals surface area contributed by atoms with Crippen molar-refractivity contribution in [3.8, 4) is 0 Å². The van der Waals surface area contributed by atoms with Crippen molar-refractivity contribution in [2.75, 3.05) is 0 Å². The Hall–Kier alpha value is -3.74. The third-order valence-electron chi connectivity index (χ3n) is 4.20. The Balaban J connectivity index is 1.71. The van der Waals surface area contributed by atoms with Crippen LogP contribution >= 0.6 is 0 Å². The third-order valence-corrected chi connectivity index (χ3v) is 4.20. The maximum Gasteiger partial charge on any atom is 0.433 e. The lowest BCUT2D eigenvalue weighted by atomic mass is 10.1. The molecule has 7 heteroatoms. The van der Waals surface area contributed by atoms with Gasteiger partial charge in [0.25, 0.3) is 0 Å². The highest BCUT2D eigenvalue weighted by atomic mass is 16.6. The van der Waals surface area contributed by atoms with Crippen LogP contribution in [0.1, 0.15) is 16.9 Å². The van der Waals surface area contributed by atoms with Gasteiger partial charge in [0.15, 0.2) is 5.76 Å². The van der Waals surface area contributed by atoms with Gasteiger partial charge in [0.05, 0.1) is 29.9 Å². The highest BCUT2D eigenvalue weighted by molar-refractivity contribution is 5.82. The molecule has 0 atom stereocenters. The second-order valence-corrected chi connectivity index (χ2v) is 6.16. The van der Waals surface area contributed by atoms with E-state index < -0.39 is 4.92 Å². The van der Waals surface area contributed by atoms with E-state index in [0.717, 1.165) is 16.6 Å². The van der Waals surface area contributed by atoms with Crippen LogP contribution in [0.15, 0.2) is 70.1 Å². The Morgan fingerprint density at radius 2 is 1.93 bits per heavy atom. The summed E-state index contributed by atoms with van der Waals surface area (Å²) in [6.07, 6.45) is 1.44. The van der Waals surface area contributed by atoms with E-state index in [2.05, 4.69) is 41.2 Å². The quantitative estimate of drug-likeness (QED) is 0.295. The number of hydrogen-bond donors (Lipinski definition) is 0. The summed E-state index contributed by atoms with van der Waals surface area (Å²) in [5, 5.41) is 10.7. The van der Waals surface area contributed by atoms with E-state index in [9.17, 15) is 10.1 Å². The molecular formula is C20H16N4O3. The molecule has 0 aliphatic carbocycles. The summed E-state index contributed by atoms with van der Waals surface area (Å²) in [5.74, 6) is 0.496. The minimum Gasteiger partial charge on any atom is -0.400 e. The highest BCUT2D eigenvalue weighted by Crippen LogP contribution is 2.24. The summed E-state index contributed by atoms with van der Waals surface area (Å²) in [6.45, 7) is 2.67.